The lowest BCUT2D eigenvalue weighted by Crippen LogP contribution is -2.15. The summed E-state index contributed by atoms with van der Waals surface area (Å²) in [6.45, 7) is 3.90. The van der Waals surface area contributed by atoms with E-state index in [0.29, 0.717) is 11.9 Å². The maximum atomic E-state index is 6.06. The molecule has 0 aromatic heterocycles. The summed E-state index contributed by atoms with van der Waals surface area (Å²) in [7, 11) is 4.26. The third kappa shape index (κ3) is 3.31. The highest BCUT2D eigenvalue weighted by Crippen LogP contribution is 2.44. The van der Waals surface area contributed by atoms with Crippen molar-refractivity contribution in [1.29, 1.82) is 0 Å². The molecule has 0 fully saturated rings. The first-order chi connectivity index (χ1) is 10.6. The number of nitrogens with zero attached hydrogens (tertiary/aromatic N) is 1. The van der Waals surface area contributed by atoms with Crippen molar-refractivity contribution in [3.8, 4) is 5.75 Å². The van der Waals surface area contributed by atoms with Crippen LogP contribution in [0.25, 0.3) is 0 Å². The number of aryl methyl sites for hydroxylation is 1. The fraction of sp³-hybridized carbons (Fsp3) is 0.368. The van der Waals surface area contributed by atoms with E-state index in [1.165, 1.54) is 22.3 Å². The number of rotatable bonds is 4. The normalized spacial score (nSPS) is 16.6. The topological polar surface area (TPSA) is 12.5 Å². The van der Waals surface area contributed by atoms with Crippen molar-refractivity contribution in [3.63, 3.8) is 0 Å². The van der Waals surface area contributed by atoms with Crippen molar-refractivity contribution in [2.75, 3.05) is 26.4 Å². The molecule has 1 unspecified atom stereocenters. The van der Waals surface area contributed by atoms with Gasteiger partial charge in [-0.1, -0.05) is 42.0 Å². The van der Waals surface area contributed by atoms with Gasteiger partial charge in [0.25, 0.3) is 0 Å². The molecule has 3 rings (SSSR count). The van der Waals surface area contributed by atoms with Crippen molar-refractivity contribution >= 4 is 11.8 Å². The SMILES string of the molecule is Cc1ccc2c(c1)C(SCCN(C)C)c1ccccc1CO2. The molecule has 2 aromatic rings. The zero-order valence-electron chi connectivity index (χ0n) is 13.5. The second-order valence-electron chi connectivity index (χ2n) is 6.08. The summed E-state index contributed by atoms with van der Waals surface area (Å²) in [4.78, 5) is 2.24. The van der Waals surface area contributed by atoms with E-state index in [0.717, 1.165) is 18.0 Å². The van der Waals surface area contributed by atoms with Crippen LogP contribution in [0.15, 0.2) is 42.5 Å². The first-order valence-electron chi connectivity index (χ1n) is 7.72. The molecule has 0 spiro atoms. The molecule has 2 nitrogen and oxygen atoms in total. The Kier molecular flexibility index (Phi) is 4.74. The second-order valence-corrected chi connectivity index (χ2v) is 7.30. The van der Waals surface area contributed by atoms with Gasteiger partial charge in [-0.2, -0.15) is 0 Å². The number of benzene rings is 2. The molecule has 0 bridgehead atoms. The molecule has 1 atom stereocenters. The predicted octanol–water partition coefficient (Wildman–Crippen LogP) is 4.27. The van der Waals surface area contributed by atoms with Gasteiger partial charge < -0.3 is 9.64 Å². The molecular formula is C19H23NOS. The van der Waals surface area contributed by atoms with Crippen molar-refractivity contribution in [2.45, 2.75) is 18.8 Å². The smallest absolute Gasteiger partial charge is 0.124 e. The molecule has 1 heterocycles. The summed E-state index contributed by atoms with van der Waals surface area (Å²) >= 11 is 2.01. The second kappa shape index (κ2) is 6.76. The number of ether oxygens (including phenoxy) is 1. The Balaban J connectivity index is 1.98. The van der Waals surface area contributed by atoms with Gasteiger partial charge in [0, 0.05) is 17.9 Å². The lowest BCUT2D eigenvalue weighted by atomic mass is 9.99. The minimum absolute atomic E-state index is 0.355. The first kappa shape index (κ1) is 15.4. The molecule has 1 aliphatic rings. The van der Waals surface area contributed by atoms with Crippen LogP contribution >= 0.6 is 11.8 Å². The third-order valence-electron chi connectivity index (χ3n) is 3.99. The summed E-state index contributed by atoms with van der Waals surface area (Å²) in [5.74, 6) is 2.14. The van der Waals surface area contributed by atoms with Crippen LogP contribution in [0.2, 0.25) is 0 Å². The Morgan fingerprint density at radius 1 is 1.14 bits per heavy atom. The molecule has 3 heteroatoms. The molecule has 2 aromatic carbocycles. The lowest BCUT2D eigenvalue weighted by molar-refractivity contribution is 0.307. The summed E-state index contributed by atoms with van der Waals surface area (Å²) in [5.41, 5.74) is 5.31. The number of thioether (sulfide) groups is 1. The molecule has 0 radical (unpaired) electrons. The fourth-order valence-corrected chi connectivity index (χ4v) is 4.26. The molecule has 116 valence electrons. The molecule has 0 N–H and O–H groups in total. The zero-order valence-corrected chi connectivity index (χ0v) is 14.3. The van der Waals surface area contributed by atoms with Gasteiger partial charge in [0.1, 0.15) is 12.4 Å². The summed E-state index contributed by atoms with van der Waals surface area (Å²) in [6, 6.07) is 15.2. The largest absolute Gasteiger partial charge is 0.489 e. The highest BCUT2D eigenvalue weighted by atomic mass is 32.2. The van der Waals surface area contributed by atoms with Crippen molar-refractivity contribution in [3.05, 3.63) is 64.7 Å². The van der Waals surface area contributed by atoms with E-state index >= 15 is 0 Å². The third-order valence-corrected chi connectivity index (χ3v) is 5.25. The first-order valence-corrected chi connectivity index (χ1v) is 8.77. The van der Waals surface area contributed by atoms with Crippen LogP contribution in [0, 0.1) is 6.92 Å². The Morgan fingerprint density at radius 2 is 1.95 bits per heavy atom. The van der Waals surface area contributed by atoms with Gasteiger partial charge >= 0.3 is 0 Å². The molecular weight excluding hydrogens is 290 g/mol. The van der Waals surface area contributed by atoms with Crippen molar-refractivity contribution in [1.82, 2.24) is 4.90 Å². The van der Waals surface area contributed by atoms with Crippen molar-refractivity contribution in [2.24, 2.45) is 0 Å². The Morgan fingerprint density at radius 3 is 2.77 bits per heavy atom. The highest BCUT2D eigenvalue weighted by Gasteiger charge is 2.24. The molecule has 0 saturated heterocycles. The molecule has 0 saturated carbocycles. The van der Waals surface area contributed by atoms with Gasteiger partial charge in [-0.05, 0) is 38.2 Å². The Hall–Kier alpha value is -1.45. The van der Waals surface area contributed by atoms with Crippen LogP contribution in [0.4, 0.5) is 0 Å². The van der Waals surface area contributed by atoms with Gasteiger partial charge in [-0.25, -0.2) is 0 Å². The van der Waals surface area contributed by atoms with Gasteiger partial charge in [-0.15, -0.1) is 11.8 Å². The quantitative estimate of drug-likeness (QED) is 0.836. The predicted molar refractivity (Wildman–Crippen MR) is 94.8 cm³/mol. The van der Waals surface area contributed by atoms with Crippen LogP contribution in [0.3, 0.4) is 0 Å². The monoisotopic (exact) mass is 313 g/mol. The maximum absolute atomic E-state index is 6.06. The van der Waals surface area contributed by atoms with E-state index in [-0.39, 0.29) is 0 Å². The average Bonchev–Trinajstić information content (AvgIpc) is 2.65. The number of fused-ring (bicyclic) bond motifs is 2. The van der Waals surface area contributed by atoms with Crippen LogP contribution in [-0.2, 0) is 6.61 Å². The number of hydrogen-bond donors (Lipinski definition) is 0. The molecule has 0 aliphatic carbocycles. The van der Waals surface area contributed by atoms with Gasteiger partial charge in [0.2, 0.25) is 0 Å². The minimum atomic E-state index is 0.355. The summed E-state index contributed by atoms with van der Waals surface area (Å²) in [5, 5.41) is 0.355. The molecule has 0 amide bonds. The summed E-state index contributed by atoms with van der Waals surface area (Å²) < 4.78 is 6.06. The fourth-order valence-electron chi connectivity index (χ4n) is 2.78. The lowest BCUT2D eigenvalue weighted by Gasteiger charge is -2.20. The maximum Gasteiger partial charge on any atom is 0.124 e. The van der Waals surface area contributed by atoms with Gasteiger partial charge in [-0.3, -0.25) is 0 Å². The molecule has 1 aliphatic heterocycles. The van der Waals surface area contributed by atoms with Crippen molar-refractivity contribution < 1.29 is 4.74 Å². The highest BCUT2D eigenvalue weighted by molar-refractivity contribution is 7.99. The van der Waals surface area contributed by atoms with Crippen LogP contribution < -0.4 is 4.74 Å². The number of hydrogen-bond acceptors (Lipinski definition) is 3. The van der Waals surface area contributed by atoms with E-state index < -0.39 is 0 Å². The van der Waals surface area contributed by atoms with E-state index in [4.69, 9.17) is 4.74 Å². The Labute approximate surface area is 137 Å². The van der Waals surface area contributed by atoms with Crippen LogP contribution in [0.5, 0.6) is 5.75 Å². The molecule has 22 heavy (non-hydrogen) atoms. The standard InChI is InChI=1S/C19H23NOS/c1-14-8-9-18-17(12-14)19(22-11-10-20(2)3)16-7-5-4-6-15(16)13-21-18/h4-9,12,19H,10-11,13H2,1-3H3. The van der Waals surface area contributed by atoms with Gasteiger partial charge in [0.15, 0.2) is 0 Å². The Bertz CT molecular complexity index is 654. The van der Waals surface area contributed by atoms with E-state index in [9.17, 15) is 0 Å². The van der Waals surface area contributed by atoms with Crippen LogP contribution in [0.1, 0.15) is 27.5 Å². The minimum Gasteiger partial charge on any atom is -0.489 e. The zero-order chi connectivity index (χ0) is 15.5. The summed E-state index contributed by atoms with van der Waals surface area (Å²) in [6.07, 6.45) is 0. The van der Waals surface area contributed by atoms with E-state index in [2.05, 4.69) is 68.4 Å². The van der Waals surface area contributed by atoms with E-state index in [1.54, 1.807) is 0 Å². The average molecular weight is 313 g/mol. The van der Waals surface area contributed by atoms with Crippen LogP contribution in [-0.4, -0.2) is 31.3 Å². The van der Waals surface area contributed by atoms with E-state index in [1.807, 2.05) is 11.8 Å². The van der Waals surface area contributed by atoms with Gasteiger partial charge in [0.05, 0.1) is 5.25 Å².